The molecule has 2 aliphatic heterocycles. The third kappa shape index (κ3) is 3.14. The second-order valence-corrected chi connectivity index (χ2v) is 10.1. The van der Waals surface area contributed by atoms with E-state index in [1.807, 2.05) is 12.4 Å². The largest absolute Gasteiger partial charge is 0.332 e. The second kappa shape index (κ2) is 6.77. The fourth-order valence-corrected chi connectivity index (χ4v) is 6.28. The fourth-order valence-electron chi connectivity index (χ4n) is 6.28. The molecule has 0 radical (unpaired) electrons. The predicted molar refractivity (Wildman–Crippen MR) is 109 cm³/mol. The van der Waals surface area contributed by atoms with Crippen LogP contribution >= 0.6 is 0 Å². The number of Topliss-reactive ketones (excluding diaryl/α,β-unsaturated/α-hetero) is 1. The summed E-state index contributed by atoms with van der Waals surface area (Å²) in [4.78, 5) is 28.3. The standard InChI is InChI=1S/C22H33N5O/c1-15(28)17-6-22(7-17)8-20(9-22)26(3)12-16-10-23-21(24-11-16)27-18-4-5-19(27)14-25(2)13-18/h10-11,17-20H,4-9,12-14H2,1-3H3. The smallest absolute Gasteiger partial charge is 0.225 e. The molecule has 1 spiro atoms. The minimum atomic E-state index is 0.345. The number of piperazine rings is 1. The highest BCUT2D eigenvalue weighted by Gasteiger charge is 2.54. The van der Waals surface area contributed by atoms with Crippen LogP contribution in [0, 0.1) is 11.3 Å². The lowest BCUT2D eigenvalue weighted by molar-refractivity contribution is -0.138. The van der Waals surface area contributed by atoms with Gasteiger partial charge in [0, 0.05) is 61.6 Å². The topological polar surface area (TPSA) is 52.6 Å². The van der Waals surface area contributed by atoms with Crippen molar-refractivity contribution in [1.82, 2.24) is 19.8 Å². The number of likely N-dealkylation sites (tertiary alicyclic amines) is 1. The van der Waals surface area contributed by atoms with E-state index < -0.39 is 0 Å². The molecule has 28 heavy (non-hydrogen) atoms. The van der Waals surface area contributed by atoms with Crippen molar-refractivity contribution < 1.29 is 4.79 Å². The van der Waals surface area contributed by atoms with Crippen molar-refractivity contribution in [2.24, 2.45) is 11.3 Å². The quantitative estimate of drug-likeness (QED) is 0.778. The number of ketones is 1. The van der Waals surface area contributed by atoms with E-state index in [2.05, 4.69) is 28.8 Å². The molecular weight excluding hydrogens is 350 g/mol. The first kappa shape index (κ1) is 18.5. The van der Waals surface area contributed by atoms with Crippen molar-refractivity contribution in [3.8, 4) is 0 Å². The average Bonchev–Trinajstić information content (AvgIpc) is 2.84. The Kier molecular flexibility index (Phi) is 4.47. The number of hydrogen-bond donors (Lipinski definition) is 0. The van der Waals surface area contributed by atoms with Crippen LogP contribution in [0.5, 0.6) is 0 Å². The van der Waals surface area contributed by atoms with Gasteiger partial charge in [-0.3, -0.25) is 9.69 Å². The van der Waals surface area contributed by atoms with E-state index in [0.717, 1.165) is 38.4 Å². The number of likely N-dealkylation sites (N-methyl/N-ethyl adjacent to an activating group) is 1. The van der Waals surface area contributed by atoms with E-state index in [-0.39, 0.29) is 0 Å². The summed E-state index contributed by atoms with van der Waals surface area (Å²) in [5.41, 5.74) is 1.68. The number of carbonyl (C=O) groups is 1. The van der Waals surface area contributed by atoms with E-state index in [9.17, 15) is 4.79 Å². The molecule has 0 N–H and O–H groups in total. The highest BCUT2D eigenvalue weighted by molar-refractivity contribution is 5.79. The van der Waals surface area contributed by atoms with Crippen LogP contribution in [0.2, 0.25) is 0 Å². The van der Waals surface area contributed by atoms with Crippen molar-refractivity contribution in [1.29, 1.82) is 0 Å². The SMILES string of the molecule is CC(=O)C1CC2(C1)CC(N(C)Cc1cnc(N3C4CCC3CN(C)C4)nc1)C2. The minimum Gasteiger partial charge on any atom is -0.332 e. The Bertz CT molecular complexity index is 722. The molecule has 5 rings (SSSR count). The molecule has 2 unspecified atom stereocenters. The van der Waals surface area contributed by atoms with Crippen molar-refractivity contribution in [2.45, 2.75) is 70.1 Å². The second-order valence-electron chi connectivity index (χ2n) is 10.1. The number of anilines is 1. The van der Waals surface area contributed by atoms with Gasteiger partial charge in [-0.2, -0.15) is 0 Å². The third-order valence-electron chi connectivity index (χ3n) is 7.91. The van der Waals surface area contributed by atoms with Crippen LogP contribution < -0.4 is 4.90 Å². The molecule has 1 aromatic heterocycles. The number of nitrogens with zero attached hydrogens (tertiary/aromatic N) is 5. The zero-order chi connectivity index (χ0) is 19.5. The Morgan fingerprint density at radius 1 is 1.14 bits per heavy atom. The Morgan fingerprint density at radius 2 is 1.75 bits per heavy atom. The average molecular weight is 384 g/mol. The van der Waals surface area contributed by atoms with E-state index in [1.54, 1.807) is 6.92 Å². The van der Waals surface area contributed by atoms with Gasteiger partial charge in [0.25, 0.3) is 0 Å². The Balaban J connectivity index is 1.15. The summed E-state index contributed by atoms with van der Waals surface area (Å²) in [6, 6.07) is 1.79. The summed E-state index contributed by atoms with van der Waals surface area (Å²) in [6.07, 6.45) is 11.3. The predicted octanol–water partition coefficient (Wildman–Crippen LogP) is 2.34. The molecule has 6 nitrogen and oxygen atoms in total. The lowest BCUT2D eigenvalue weighted by atomic mass is 9.49. The molecule has 0 aromatic carbocycles. The molecular formula is C22H33N5O. The van der Waals surface area contributed by atoms with Gasteiger partial charge in [0.05, 0.1) is 0 Å². The Morgan fingerprint density at radius 3 is 2.32 bits per heavy atom. The number of carbonyl (C=O) groups excluding carboxylic acids is 1. The summed E-state index contributed by atoms with van der Waals surface area (Å²) in [7, 11) is 4.43. The normalized spacial score (nSPS) is 37.2. The molecule has 2 bridgehead atoms. The lowest BCUT2D eigenvalue weighted by Gasteiger charge is -2.59. The van der Waals surface area contributed by atoms with Gasteiger partial charge in [-0.05, 0) is 65.0 Å². The Hall–Kier alpha value is -1.53. The van der Waals surface area contributed by atoms with E-state index in [4.69, 9.17) is 9.97 Å². The van der Waals surface area contributed by atoms with Crippen LogP contribution in [0.25, 0.3) is 0 Å². The number of aromatic nitrogens is 2. The maximum atomic E-state index is 11.5. The summed E-state index contributed by atoms with van der Waals surface area (Å²) in [6.45, 7) is 4.90. The van der Waals surface area contributed by atoms with Crippen molar-refractivity contribution in [2.75, 3.05) is 32.1 Å². The first-order valence-corrected chi connectivity index (χ1v) is 10.9. The van der Waals surface area contributed by atoms with Crippen molar-refractivity contribution in [3.05, 3.63) is 18.0 Å². The summed E-state index contributed by atoms with van der Waals surface area (Å²) in [5.74, 6) is 1.64. The fraction of sp³-hybridized carbons (Fsp3) is 0.773. The molecule has 3 heterocycles. The molecule has 0 amide bonds. The number of rotatable bonds is 5. The zero-order valence-corrected chi connectivity index (χ0v) is 17.5. The lowest BCUT2D eigenvalue weighted by Crippen LogP contribution is -2.56. The van der Waals surface area contributed by atoms with Crippen LogP contribution in [-0.4, -0.2) is 70.9 Å². The summed E-state index contributed by atoms with van der Waals surface area (Å²) < 4.78 is 0. The van der Waals surface area contributed by atoms with Crippen molar-refractivity contribution in [3.63, 3.8) is 0 Å². The van der Waals surface area contributed by atoms with E-state index in [1.165, 1.54) is 31.2 Å². The first-order chi connectivity index (χ1) is 13.4. The van der Waals surface area contributed by atoms with Crippen LogP contribution in [0.3, 0.4) is 0 Å². The zero-order valence-electron chi connectivity index (χ0n) is 17.5. The minimum absolute atomic E-state index is 0.345. The first-order valence-electron chi connectivity index (χ1n) is 10.9. The van der Waals surface area contributed by atoms with E-state index >= 15 is 0 Å². The Labute approximate surface area is 168 Å². The van der Waals surface area contributed by atoms with Gasteiger partial charge >= 0.3 is 0 Å². The molecule has 2 aliphatic carbocycles. The van der Waals surface area contributed by atoms with Gasteiger partial charge in [0.15, 0.2) is 0 Å². The molecule has 4 aliphatic rings. The summed E-state index contributed by atoms with van der Waals surface area (Å²) in [5, 5.41) is 0. The molecule has 2 atom stereocenters. The molecule has 152 valence electrons. The van der Waals surface area contributed by atoms with Crippen LogP contribution in [0.15, 0.2) is 12.4 Å². The van der Waals surface area contributed by atoms with Gasteiger partial charge in [-0.15, -0.1) is 0 Å². The molecule has 1 aromatic rings. The third-order valence-corrected chi connectivity index (χ3v) is 7.91. The molecule has 4 fully saturated rings. The molecule has 6 heteroatoms. The monoisotopic (exact) mass is 383 g/mol. The maximum Gasteiger partial charge on any atom is 0.225 e. The van der Waals surface area contributed by atoms with Crippen molar-refractivity contribution >= 4 is 11.7 Å². The molecule has 2 saturated heterocycles. The summed E-state index contributed by atoms with van der Waals surface area (Å²) >= 11 is 0. The number of hydrogen-bond acceptors (Lipinski definition) is 6. The van der Waals surface area contributed by atoms with Crippen LogP contribution in [0.1, 0.15) is 51.0 Å². The van der Waals surface area contributed by atoms with Gasteiger partial charge in [0.1, 0.15) is 5.78 Å². The highest BCUT2D eigenvalue weighted by atomic mass is 16.1. The maximum absolute atomic E-state index is 11.5. The van der Waals surface area contributed by atoms with Crippen LogP contribution in [-0.2, 0) is 11.3 Å². The van der Waals surface area contributed by atoms with Crippen LogP contribution in [0.4, 0.5) is 5.95 Å². The van der Waals surface area contributed by atoms with Gasteiger partial charge in [0.2, 0.25) is 5.95 Å². The highest BCUT2D eigenvalue weighted by Crippen LogP contribution is 2.59. The van der Waals surface area contributed by atoms with E-state index in [0.29, 0.717) is 35.2 Å². The van der Waals surface area contributed by atoms with Gasteiger partial charge in [-0.25, -0.2) is 9.97 Å². The number of fused-ring (bicyclic) bond motifs is 2. The van der Waals surface area contributed by atoms with Gasteiger partial charge in [-0.1, -0.05) is 0 Å². The molecule has 2 saturated carbocycles. The van der Waals surface area contributed by atoms with Gasteiger partial charge < -0.3 is 9.80 Å².